The van der Waals surface area contributed by atoms with Crippen LogP contribution < -0.4 is 4.90 Å². The van der Waals surface area contributed by atoms with Crippen LogP contribution in [0.2, 0.25) is 0 Å². The Bertz CT molecular complexity index is 1350. The van der Waals surface area contributed by atoms with Crippen molar-refractivity contribution in [3.05, 3.63) is 66.0 Å². The Balaban J connectivity index is 1.30. The molecule has 6 rings (SSSR count). The van der Waals surface area contributed by atoms with E-state index in [0.717, 1.165) is 66.2 Å². The largest absolute Gasteiger partial charge is 0.339 e. The molecule has 2 aliphatic rings. The van der Waals surface area contributed by atoms with E-state index in [2.05, 4.69) is 45.6 Å². The molecule has 1 aliphatic carbocycles. The first-order chi connectivity index (χ1) is 17.7. The first kappa shape index (κ1) is 23.0. The van der Waals surface area contributed by atoms with Gasteiger partial charge in [0.2, 0.25) is 11.9 Å². The number of rotatable bonds is 5. The summed E-state index contributed by atoms with van der Waals surface area (Å²) in [6.45, 7) is 4.98. The third-order valence-corrected chi connectivity index (χ3v) is 8.01. The summed E-state index contributed by atoms with van der Waals surface area (Å²) in [7, 11) is 0. The highest BCUT2D eigenvalue weighted by atomic mass is 16.2. The highest BCUT2D eigenvalue weighted by Gasteiger charge is 2.30. The number of amides is 1. The summed E-state index contributed by atoms with van der Waals surface area (Å²) in [6.07, 6.45) is 6.92. The van der Waals surface area contributed by atoms with Crippen molar-refractivity contribution in [3.8, 4) is 0 Å². The van der Waals surface area contributed by atoms with Crippen molar-refractivity contribution in [2.75, 3.05) is 31.1 Å². The average molecular weight is 483 g/mol. The molecule has 0 spiro atoms. The second kappa shape index (κ2) is 9.88. The summed E-state index contributed by atoms with van der Waals surface area (Å²) in [5.41, 5.74) is 2.94. The van der Waals surface area contributed by atoms with E-state index >= 15 is 0 Å². The van der Waals surface area contributed by atoms with Gasteiger partial charge in [0.05, 0.1) is 11.4 Å². The molecule has 3 heterocycles. The molecule has 2 aromatic heterocycles. The molecule has 1 amide bonds. The summed E-state index contributed by atoms with van der Waals surface area (Å²) in [5, 5.41) is 10.4. The molecule has 1 saturated heterocycles. The van der Waals surface area contributed by atoms with Crippen molar-refractivity contribution >= 4 is 28.4 Å². The zero-order valence-electron chi connectivity index (χ0n) is 21.0. The fraction of sp³-hybridized carbons (Fsp3) is 0.448. The number of para-hydroxylation sites is 1. The highest BCUT2D eigenvalue weighted by Crippen LogP contribution is 2.35. The lowest BCUT2D eigenvalue weighted by atomic mass is 9.89. The van der Waals surface area contributed by atoms with E-state index in [-0.39, 0.29) is 11.8 Å². The van der Waals surface area contributed by atoms with Crippen LogP contribution in [-0.4, -0.2) is 56.6 Å². The van der Waals surface area contributed by atoms with Crippen LogP contribution in [0.1, 0.15) is 68.7 Å². The van der Waals surface area contributed by atoms with E-state index < -0.39 is 0 Å². The number of anilines is 1. The first-order valence-electron chi connectivity index (χ1n) is 13.5. The maximum atomic E-state index is 13.4. The SMILES string of the molecule is CC[C@@H](C(=O)N1CCN(c2nc3ccccc3c3nnc(C4CCCCC4)n23)CC1)c1ccccc1. The van der Waals surface area contributed by atoms with Gasteiger partial charge in [-0.25, -0.2) is 9.38 Å². The number of carbonyl (C=O) groups excluding carboxylic acids is 1. The van der Waals surface area contributed by atoms with Gasteiger partial charge in [0, 0.05) is 37.5 Å². The number of hydrogen-bond acceptors (Lipinski definition) is 5. The molecule has 4 aromatic rings. The van der Waals surface area contributed by atoms with Crippen LogP contribution in [0, 0.1) is 0 Å². The fourth-order valence-electron chi connectivity index (χ4n) is 6.01. The number of carbonyl (C=O) groups is 1. The second-order valence-electron chi connectivity index (χ2n) is 10.2. The van der Waals surface area contributed by atoms with Crippen LogP contribution in [0.5, 0.6) is 0 Å². The van der Waals surface area contributed by atoms with Gasteiger partial charge < -0.3 is 9.80 Å². The third kappa shape index (κ3) is 4.10. The van der Waals surface area contributed by atoms with Crippen LogP contribution in [0.4, 0.5) is 5.95 Å². The van der Waals surface area contributed by atoms with E-state index in [0.29, 0.717) is 19.0 Å². The number of piperazine rings is 1. The van der Waals surface area contributed by atoms with E-state index in [9.17, 15) is 4.79 Å². The van der Waals surface area contributed by atoms with Crippen molar-refractivity contribution in [1.82, 2.24) is 24.5 Å². The Labute approximate surface area is 212 Å². The standard InChI is InChI=1S/C29H34N6O/c1-2-23(21-11-5-3-6-12-21)28(36)33-17-19-34(20-18-33)29-30-25-16-10-9-15-24(25)27-32-31-26(35(27)29)22-13-7-4-8-14-22/h3,5-6,9-12,15-16,22-23H,2,4,7-8,13-14,17-20H2,1H3/t23-/m1/s1. The normalized spacial score (nSPS) is 18.1. The summed E-state index contributed by atoms with van der Waals surface area (Å²) in [4.78, 5) is 22.9. The second-order valence-corrected chi connectivity index (χ2v) is 10.2. The van der Waals surface area contributed by atoms with Crippen molar-refractivity contribution in [3.63, 3.8) is 0 Å². The van der Waals surface area contributed by atoms with Gasteiger partial charge in [-0.1, -0.05) is 68.7 Å². The Kier molecular flexibility index (Phi) is 6.30. The van der Waals surface area contributed by atoms with Gasteiger partial charge in [0.1, 0.15) is 5.82 Å². The summed E-state index contributed by atoms with van der Waals surface area (Å²) < 4.78 is 2.22. The molecule has 1 atom stereocenters. The molecule has 0 bridgehead atoms. The zero-order chi connectivity index (χ0) is 24.5. The van der Waals surface area contributed by atoms with Gasteiger partial charge in [-0.15, -0.1) is 10.2 Å². The molecule has 7 heteroatoms. The van der Waals surface area contributed by atoms with Crippen molar-refractivity contribution in [1.29, 1.82) is 0 Å². The molecule has 1 saturated carbocycles. The minimum atomic E-state index is -0.0843. The van der Waals surface area contributed by atoms with Crippen LogP contribution in [0.25, 0.3) is 16.6 Å². The lowest BCUT2D eigenvalue weighted by molar-refractivity contribution is -0.133. The predicted molar refractivity (Wildman–Crippen MR) is 142 cm³/mol. The minimum Gasteiger partial charge on any atom is -0.339 e. The molecule has 36 heavy (non-hydrogen) atoms. The third-order valence-electron chi connectivity index (χ3n) is 8.01. The molecule has 2 fully saturated rings. The summed E-state index contributed by atoms with van der Waals surface area (Å²) in [6, 6.07) is 18.4. The Morgan fingerprint density at radius 3 is 2.39 bits per heavy atom. The zero-order valence-corrected chi connectivity index (χ0v) is 21.0. The van der Waals surface area contributed by atoms with Gasteiger partial charge in [-0.05, 0) is 37.0 Å². The molecule has 186 valence electrons. The van der Waals surface area contributed by atoms with Crippen molar-refractivity contribution in [2.45, 2.75) is 57.3 Å². The molecule has 0 radical (unpaired) electrons. The van der Waals surface area contributed by atoms with Crippen molar-refractivity contribution in [2.24, 2.45) is 0 Å². The number of nitrogens with zero attached hydrogens (tertiary/aromatic N) is 6. The molecular formula is C29H34N6O. The number of aromatic nitrogens is 4. The molecule has 1 aliphatic heterocycles. The quantitative estimate of drug-likeness (QED) is 0.393. The minimum absolute atomic E-state index is 0.0843. The van der Waals surface area contributed by atoms with Gasteiger partial charge in [0.25, 0.3) is 0 Å². The topological polar surface area (TPSA) is 66.6 Å². The average Bonchev–Trinajstić information content (AvgIpc) is 3.40. The first-order valence-corrected chi connectivity index (χ1v) is 13.5. The van der Waals surface area contributed by atoms with Gasteiger partial charge in [-0.2, -0.15) is 0 Å². The maximum absolute atomic E-state index is 13.4. The monoisotopic (exact) mass is 482 g/mol. The molecule has 7 nitrogen and oxygen atoms in total. The van der Waals surface area contributed by atoms with Gasteiger partial charge in [0.15, 0.2) is 5.65 Å². The lowest BCUT2D eigenvalue weighted by Gasteiger charge is -2.37. The molecule has 0 N–H and O–H groups in total. The Morgan fingerprint density at radius 2 is 1.64 bits per heavy atom. The molecule has 0 unspecified atom stereocenters. The lowest BCUT2D eigenvalue weighted by Crippen LogP contribution is -2.50. The Hall–Kier alpha value is -3.48. The fourth-order valence-corrected chi connectivity index (χ4v) is 6.01. The Morgan fingerprint density at radius 1 is 0.917 bits per heavy atom. The van der Waals surface area contributed by atoms with Crippen LogP contribution in [0.3, 0.4) is 0 Å². The van der Waals surface area contributed by atoms with E-state index in [4.69, 9.17) is 10.1 Å². The van der Waals surface area contributed by atoms with Gasteiger partial charge >= 0.3 is 0 Å². The maximum Gasteiger partial charge on any atom is 0.230 e. The smallest absolute Gasteiger partial charge is 0.230 e. The number of benzene rings is 2. The van der Waals surface area contributed by atoms with Crippen LogP contribution in [0.15, 0.2) is 54.6 Å². The summed E-state index contributed by atoms with van der Waals surface area (Å²) in [5.74, 6) is 2.53. The molecular weight excluding hydrogens is 448 g/mol. The summed E-state index contributed by atoms with van der Waals surface area (Å²) >= 11 is 0. The van der Waals surface area contributed by atoms with Gasteiger partial charge in [-0.3, -0.25) is 4.79 Å². The highest BCUT2D eigenvalue weighted by molar-refractivity contribution is 5.92. The van der Waals surface area contributed by atoms with Crippen LogP contribution >= 0.6 is 0 Å². The van der Waals surface area contributed by atoms with E-state index in [1.54, 1.807) is 0 Å². The predicted octanol–water partition coefficient (Wildman–Crippen LogP) is 5.17. The van der Waals surface area contributed by atoms with Crippen LogP contribution in [-0.2, 0) is 4.79 Å². The van der Waals surface area contributed by atoms with E-state index in [1.807, 2.05) is 35.2 Å². The van der Waals surface area contributed by atoms with E-state index in [1.165, 1.54) is 19.3 Å². The number of fused-ring (bicyclic) bond motifs is 3. The number of hydrogen-bond donors (Lipinski definition) is 0. The van der Waals surface area contributed by atoms with Crippen molar-refractivity contribution < 1.29 is 4.79 Å². The molecule has 2 aromatic carbocycles.